The van der Waals surface area contributed by atoms with Crippen LogP contribution in [0.1, 0.15) is 41.5 Å². The van der Waals surface area contributed by atoms with Gasteiger partial charge < -0.3 is 18.6 Å². The van der Waals surface area contributed by atoms with E-state index in [1.165, 1.54) is 0 Å². The third-order valence-electron chi connectivity index (χ3n) is 4.08. The Balaban J connectivity index is 1.91. The highest BCUT2D eigenvalue weighted by molar-refractivity contribution is 6.65. The lowest BCUT2D eigenvalue weighted by Gasteiger charge is -2.32. The average molecular weight is 240 g/mol. The van der Waals surface area contributed by atoms with Gasteiger partial charge in [0.2, 0.25) is 0 Å². The second kappa shape index (κ2) is 4.26. The van der Waals surface area contributed by atoms with Crippen molar-refractivity contribution in [2.24, 2.45) is 0 Å². The van der Waals surface area contributed by atoms with Gasteiger partial charge in [0.05, 0.1) is 23.4 Å². The molecule has 2 heterocycles. The van der Waals surface area contributed by atoms with Crippen LogP contribution in [-0.4, -0.2) is 37.6 Å². The minimum absolute atomic E-state index is 0.141. The van der Waals surface area contributed by atoms with Gasteiger partial charge in [-0.25, -0.2) is 0 Å². The highest BCUT2D eigenvalue weighted by atomic mass is 16.7. The molecule has 2 saturated heterocycles. The summed E-state index contributed by atoms with van der Waals surface area (Å²) < 4.78 is 23.2. The first-order valence-corrected chi connectivity index (χ1v) is 6.38. The Morgan fingerprint density at radius 3 is 1.65 bits per heavy atom. The van der Waals surface area contributed by atoms with Crippen molar-refractivity contribution >= 4 is 14.2 Å². The highest BCUT2D eigenvalue weighted by Gasteiger charge is 2.53. The Labute approximate surface area is 105 Å². The Morgan fingerprint density at radius 2 is 1.24 bits per heavy atom. The molecule has 96 valence electrons. The van der Waals surface area contributed by atoms with Crippen molar-refractivity contribution in [3.05, 3.63) is 0 Å². The van der Waals surface area contributed by atoms with E-state index in [-0.39, 0.29) is 37.6 Å². The molecule has 0 aliphatic carbocycles. The first-order valence-electron chi connectivity index (χ1n) is 6.38. The fourth-order valence-corrected chi connectivity index (χ4v) is 2.06. The van der Waals surface area contributed by atoms with Gasteiger partial charge in [0.1, 0.15) is 0 Å². The van der Waals surface area contributed by atoms with Gasteiger partial charge in [-0.1, -0.05) is 0 Å². The van der Waals surface area contributed by atoms with E-state index in [1.54, 1.807) is 0 Å². The molecule has 0 aromatic carbocycles. The lowest BCUT2D eigenvalue weighted by atomic mass is 9.64. The van der Waals surface area contributed by atoms with Crippen LogP contribution in [0.4, 0.5) is 0 Å². The van der Waals surface area contributed by atoms with Crippen molar-refractivity contribution in [3.63, 3.8) is 0 Å². The van der Waals surface area contributed by atoms with Gasteiger partial charge in [0.15, 0.2) is 0 Å². The van der Waals surface area contributed by atoms with Crippen LogP contribution in [0.15, 0.2) is 0 Å². The first-order chi connectivity index (χ1) is 7.71. The maximum absolute atomic E-state index is 5.91. The van der Waals surface area contributed by atoms with Crippen LogP contribution in [0.3, 0.4) is 0 Å². The Bertz CT molecular complexity index is 269. The maximum atomic E-state index is 5.91. The standard InChI is InChI=1S/C11H22B2O4/c1-8-9(2)15-12(14-8)7-13-16-10(3,4)11(5,6)17-13/h8-9H,7H2,1-6H3. The molecule has 2 atom stereocenters. The van der Waals surface area contributed by atoms with E-state index in [4.69, 9.17) is 18.6 Å². The van der Waals surface area contributed by atoms with Gasteiger partial charge in [-0.15, -0.1) is 0 Å². The van der Waals surface area contributed by atoms with Crippen molar-refractivity contribution < 1.29 is 18.6 Å². The Kier molecular flexibility index (Phi) is 3.36. The summed E-state index contributed by atoms with van der Waals surface area (Å²) in [6.45, 7) is 12.2. The summed E-state index contributed by atoms with van der Waals surface area (Å²) in [6.07, 6.45) is 0.909. The third kappa shape index (κ3) is 2.55. The topological polar surface area (TPSA) is 36.9 Å². The van der Waals surface area contributed by atoms with Crippen LogP contribution in [0.25, 0.3) is 0 Å². The lowest BCUT2D eigenvalue weighted by Crippen LogP contribution is -2.41. The van der Waals surface area contributed by atoms with Crippen LogP contribution in [0, 0.1) is 0 Å². The van der Waals surface area contributed by atoms with E-state index >= 15 is 0 Å². The van der Waals surface area contributed by atoms with E-state index in [0.717, 1.165) is 0 Å². The van der Waals surface area contributed by atoms with Gasteiger partial charge in [0, 0.05) is 6.22 Å². The molecule has 0 bridgehead atoms. The predicted molar refractivity (Wildman–Crippen MR) is 67.7 cm³/mol. The van der Waals surface area contributed by atoms with Crippen LogP contribution in [0.5, 0.6) is 0 Å². The summed E-state index contributed by atoms with van der Waals surface area (Å²) in [5.41, 5.74) is -0.568. The minimum Gasteiger partial charge on any atom is -0.406 e. The number of hydrogen-bond acceptors (Lipinski definition) is 4. The zero-order valence-corrected chi connectivity index (χ0v) is 11.6. The van der Waals surface area contributed by atoms with E-state index in [2.05, 4.69) is 27.7 Å². The van der Waals surface area contributed by atoms with Crippen LogP contribution in [-0.2, 0) is 18.6 Å². The molecule has 2 aliphatic rings. The molecule has 2 fully saturated rings. The molecule has 0 radical (unpaired) electrons. The smallest absolute Gasteiger partial charge is 0.406 e. The second-order valence-electron chi connectivity index (χ2n) is 6.03. The normalized spacial score (nSPS) is 35.6. The molecule has 2 unspecified atom stereocenters. The third-order valence-corrected chi connectivity index (χ3v) is 4.08. The summed E-state index contributed by atoms with van der Waals surface area (Å²) in [5, 5.41) is 0. The predicted octanol–water partition coefficient (Wildman–Crippen LogP) is 1.93. The quantitative estimate of drug-likeness (QED) is 0.691. The lowest BCUT2D eigenvalue weighted by molar-refractivity contribution is 0.00578. The molecule has 0 saturated carbocycles. The molecular weight excluding hydrogens is 218 g/mol. The van der Waals surface area contributed by atoms with Crippen molar-refractivity contribution in [2.45, 2.75) is 71.2 Å². The fraction of sp³-hybridized carbons (Fsp3) is 1.00. The molecule has 0 amide bonds. The van der Waals surface area contributed by atoms with Gasteiger partial charge in [-0.05, 0) is 41.5 Å². The molecule has 2 aliphatic heterocycles. The summed E-state index contributed by atoms with van der Waals surface area (Å²) in [4.78, 5) is 0. The molecule has 6 heteroatoms. The van der Waals surface area contributed by atoms with Gasteiger partial charge in [-0.2, -0.15) is 0 Å². The van der Waals surface area contributed by atoms with E-state index in [0.29, 0.717) is 6.22 Å². The van der Waals surface area contributed by atoms with Gasteiger partial charge >= 0.3 is 14.2 Å². The van der Waals surface area contributed by atoms with Crippen LogP contribution >= 0.6 is 0 Å². The molecule has 2 rings (SSSR count). The Morgan fingerprint density at radius 1 is 0.824 bits per heavy atom. The number of hydrogen-bond donors (Lipinski definition) is 0. The van der Waals surface area contributed by atoms with Crippen LogP contribution < -0.4 is 0 Å². The molecule has 0 aromatic rings. The largest absolute Gasteiger partial charge is 0.455 e. The number of rotatable bonds is 2. The van der Waals surface area contributed by atoms with E-state index in [9.17, 15) is 0 Å². The molecule has 17 heavy (non-hydrogen) atoms. The van der Waals surface area contributed by atoms with Crippen molar-refractivity contribution in [2.75, 3.05) is 0 Å². The van der Waals surface area contributed by atoms with Crippen LogP contribution in [0.2, 0.25) is 6.22 Å². The van der Waals surface area contributed by atoms with Crippen molar-refractivity contribution in [3.8, 4) is 0 Å². The van der Waals surface area contributed by atoms with Gasteiger partial charge in [0.25, 0.3) is 0 Å². The maximum Gasteiger partial charge on any atom is 0.455 e. The average Bonchev–Trinajstić information content (AvgIpc) is 2.52. The minimum atomic E-state index is -0.284. The molecule has 0 spiro atoms. The summed E-state index contributed by atoms with van der Waals surface area (Å²) >= 11 is 0. The summed E-state index contributed by atoms with van der Waals surface area (Å²) in [7, 11) is -0.461. The van der Waals surface area contributed by atoms with Crippen molar-refractivity contribution in [1.29, 1.82) is 0 Å². The van der Waals surface area contributed by atoms with E-state index in [1.807, 2.05) is 13.8 Å². The zero-order valence-electron chi connectivity index (χ0n) is 11.6. The SMILES string of the molecule is CC1OB(CB2OC(C)(C)C(C)(C)O2)OC1C. The molecule has 0 aromatic heterocycles. The summed E-state index contributed by atoms with van der Waals surface area (Å²) in [6, 6.07) is 0. The van der Waals surface area contributed by atoms with Gasteiger partial charge in [-0.3, -0.25) is 0 Å². The molecule has 0 N–H and O–H groups in total. The fourth-order valence-electron chi connectivity index (χ4n) is 2.06. The first kappa shape index (κ1) is 13.4. The molecular formula is C11H22B2O4. The Hall–Kier alpha value is -0.0301. The molecule has 4 nitrogen and oxygen atoms in total. The van der Waals surface area contributed by atoms with E-state index < -0.39 is 0 Å². The monoisotopic (exact) mass is 240 g/mol. The zero-order chi connectivity index (χ0) is 12.8. The second-order valence-corrected chi connectivity index (χ2v) is 6.03. The van der Waals surface area contributed by atoms with Crippen molar-refractivity contribution in [1.82, 2.24) is 0 Å². The highest BCUT2D eigenvalue weighted by Crippen LogP contribution is 2.38. The summed E-state index contributed by atoms with van der Waals surface area (Å²) in [5.74, 6) is 0.